The predicted molar refractivity (Wildman–Crippen MR) is 133 cm³/mol. The minimum atomic E-state index is -3.80. The van der Waals surface area contributed by atoms with Crippen LogP contribution < -0.4 is 9.62 Å². The molecule has 2 aromatic rings. The summed E-state index contributed by atoms with van der Waals surface area (Å²) in [6, 6.07) is 11.6. The van der Waals surface area contributed by atoms with Crippen molar-refractivity contribution in [2.24, 2.45) is 0 Å². The molecule has 0 radical (unpaired) electrons. The van der Waals surface area contributed by atoms with Crippen LogP contribution in [-0.4, -0.2) is 50.0 Å². The Hall–Kier alpha value is -2.58. The van der Waals surface area contributed by atoms with Crippen molar-refractivity contribution in [1.82, 2.24) is 10.2 Å². The zero-order valence-corrected chi connectivity index (χ0v) is 21.5. The predicted octanol–water partition coefficient (Wildman–Crippen LogP) is 3.66. The van der Waals surface area contributed by atoms with Crippen molar-refractivity contribution in [2.45, 2.75) is 53.2 Å². The van der Waals surface area contributed by atoms with Crippen LogP contribution in [0.5, 0.6) is 0 Å². The molecule has 9 heteroatoms. The fourth-order valence-electron chi connectivity index (χ4n) is 3.34. The Morgan fingerprint density at radius 2 is 1.64 bits per heavy atom. The molecule has 0 aliphatic rings. The van der Waals surface area contributed by atoms with Crippen molar-refractivity contribution in [1.29, 1.82) is 0 Å². The molecule has 0 aromatic heterocycles. The lowest BCUT2D eigenvalue weighted by molar-refractivity contribution is -0.139. The summed E-state index contributed by atoms with van der Waals surface area (Å²) in [5.41, 5.74) is 2.78. The number of halogens is 1. The van der Waals surface area contributed by atoms with Crippen molar-refractivity contribution in [2.75, 3.05) is 17.1 Å². The lowest BCUT2D eigenvalue weighted by Gasteiger charge is -2.32. The number of anilines is 1. The highest BCUT2D eigenvalue weighted by atomic mass is 35.5. The SMILES string of the molecule is Cc1ccc(CN(C(=O)CN(c2cccc(Cl)c2C)S(C)(=O)=O)[C@H](C)C(=O)NC(C)C)cc1. The van der Waals surface area contributed by atoms with Gasteiger partial charge in [0.25, 0.3) is 0 Å². The van der Waals surface area contributed by atoms with Crippen LogP contribution in [0.1, 0.15) is 37.5 Å². The van der Waals surface area contributed by atoms with Crippen LogP contribution in [-0.2, 0) is 26.2 Å². The standard InChI is InChI=1S/C24H32ClN3O4S/c1-16(2)26-24(30)19(5)27(14-20-12-10-17(3)11-13-20)23(29)15-28(33(6,31)32)22-9-7-8-21(25)18(22)4/h7-13,16,19H,14-15H2,1-6H3,(H,26,30)/t19-/m1/s1. The van der Waals surface area contributed by atoms with Crippen molar-refractivity contribution in [3.63, 3.8) is 0 Å². The maximum absolute atomic E-state index is 13.5. The van der Waals surface area contributed by atoms with E-state index >= 15 is 0 Å². The summed E-state index contributed by atoms with van der Waals surface area (Å²) < 4.78 is 26.3. The molecule has 2 amide bonds. The highest BCUT2D eigenvalue weighted by Crippen LogP contribution is 2.28. The first-order valence-electron chi connectivity index (χ1n) is 10.7. The average Bonchev–Trinajstić information content (AvgIpc) is 2.72. The maximum atomic E-state index is 13.5. The Labute approximate surface area is 201 Å². The molecule has 0 saturated heterocycles. The molecule has 7 nitrogen and oxygen atoms in total. The third-order valence-corrected chi connectivity index (χ3v) is 6.79. The number of rotatable bonds is 9. The van der Waals surface area contributed by atoms with E-state index in [1.807, 2.05) is 45.0 Å². The van der Waals surface area contributed by atoms with Crippen LogP contribution in [0.4, 0.5) is 5.69 Å². The Morgan fingerprint density at radius 1 is 1.03 bits per heavy atom. The third kappa shape index (κ3) is 7.20. The van der Waals surface area contributed by atoms with Crippen molar-refractivity contribution in [3.8, 4) is 0 Å². The molecule has 33 heavy (non-hydrogen) atoms. The first kappa shape index (κ1) is 26.7. The molecule has 0 heterocycles. The van der Waals surface area contributed by atoms with Gasteiger partial charge in [-0.3, -0.25) is 13.9 Å². The van der Waals surface area contributed by atoms with Crippen LogP contribution in [0.3, 0.4) is 0 Å². The molecule has 0 fully saturated rings. The van der Waals surface area contributed by atoms with Crippen molar-refractivity contribution < 1.29 is 18.0 Å². The summed E-state index contributed by atoms with van der Waals surface area (Å²) in [4.78, 5) is 27.6. The second kappa shape index (κ2) is 11.0. The Bertz CT molecular complexity index is 1100. The van der Waals surface area contributed by atoms with E-state index in [-0.39, 0.29) is 18.5 Å². The average molecular weight is 494 g/mol. The van der Waals surface area contributed by atoms with Crippen LogP contribution in [0, 0.1) is 13.8 Å². The maximum Gasteiger partial charge on any atom is 0.244 e. The van der Waals surface area contributed by atoms with Crippen molar-refractivity contribution in [3.05, 3.63) is 64.2 Å². The van der Waals surface area contributed by atoms with Gasteiger partial charge in [-0.1, -0.05) is 47.5 Å². The molecule has 0 spiro atoms. The lowest BCUT2D eigenvalue weighted by atomic mass is 10.1. The Morgan fingerprint density at radius 3 is 2.18 bits per heavy atom. The fourth-order valence-corrected chi connectivity index (χ4v) is 4.41. The molecular formula is C24H32ClN3O4S. The molecule has 2 aromatic carbocycles. The molecule has 0 aliphatic heterocycles. The number of sulfonamides is 1. The normalized spacial score (nSPS) is 12.4. The number of carbonyl (C=O) groups excluding carboxylic acids is 2. The van der Waals surface area contributed by atoms with Gasteiger partial charge in [0.2, 0.25) is 21.8 Å². The zero-order valence-electron chi connectivity index (χ0n) is 19.9. The second-order valence-electron chi connectivity index (χ2n) is 8.50. The minimum Gasteiger partial charge on any atom is -0.352 e. The Kier molecular flexibility index (Phi) is 8.91. The number of hydrogen-bond donors (Lipinski definition) is 1. The Balaban J connectivity index is 2.43. The molecular weight excluding hydrogens is 462 g/mol. The molecule has 2 rings (SSSR count). The van der Waals surface area contributed by atoms with Crippen LogP contribution in [0.2, 0.25) is 5.02 Å². The van der Waals surface area contributed by atoms with Crippen LogP contribution in [0.25, 0.3) is 0 Å². The summed E-state index contributed by atoms with van der Waals surface area (Å²) in [5, 5.41) is 3.22. The number of benzene rings is 2. The smallest absolute Gasteiger partial charge is 0.244 e. The van der Waals surface area contributed by atoms with E-state index in [4.69, 9.17) is 11.6 Å². The van der Waals surface area contributed by atoms with Gasteiger partial charge in [0.15, 0.2) is 0 Å². The van der Waals surface area contributed by atoms with Gasteiger partial charge in [0.1, 0.15) is 12.6 Å². The number of nitrogens with one attached hydrogen (secondary N) is 1. The zero-order chi connectivity index (χ0) is 24.9. The summed E-state index contributed by atoms with van der Waals surface area (Å²) in [6.45, 7) is 8.68. The van der Waals surface area contributed by atoms with E-state index in [1.54, 1.807) is 32.0 Å². The number of aryl methyl sites for hydroxylation is 1. The second-order valence-corrected chi connectivity index (χ2v) is 10.8. The van der Waals surface area contributed by atoms with Gasteiger partial charge in [-0.05, 0) is 57.9 Å². The summed E-state index contributed by atoms with van der Waals surface area (Å²) in [7, 11) is -3.80. The fraction of sp³-hybridized carbons (Fsp3) is 0.417. The summed E-state index contributed by atoms with van der Waals surface area (Å²) in [5.74, 6) is -0.804. The van der Waals surface area contributed by atoms with Gasteiger partial charge >= 0.3 is 0 Å². The molecule has 0 saturated carbocycles. The molecule has 1 N–H and O–H groups in total. The van der Waals surface area contributed by atoms with Gasteiger partial charge < -0.3 is 10.2 Å². The summed E-state index contributed by atoms with van der Waals surface area (Å²) in [6.07, 6.45) is 1.04. The lowest BCUT2D eigenvalue weighted by Crippen LogP contribution is -2.52. The quantitative estimate of drug-likeness (QED) is 0.577. The first-order chi connectivity index (χ1) is 15.3. The number of hydrogen-bond acceptors (Lipinski definition) is 4. The topological polar surface area (TPSA) is 86.8 Å². The monoisotopic (exact) mass is 493 g/mol. The largest absolute Gasteiger partial charge is 0.352 e. The van der Waals surface area contributed by atoms with E-state index in [0.29, 0.717) is 16.3 Å². The van der Waals surface area contributed by atoms with Gasteiger partial charge in [0.05, 0.1) is 11.9 Å². The first-order valence-corrected chi connectivity index (χ1v) is 12.9. The highest BCUT2D eigenvalue weighted by Gasteiger charge is 2.31. The van der Waals surface area contributed by atoms with E-state index in [0.717, 1.165) is 21.7 Å². The van der Waals surface area contributed by atoms with E-state index in [1.165, 1.54) is 4.90 Å². The summed E-state index contributed by atoms with van der Waals surface area (Å²) >= 11 is 6.20. The minimum absolute atomic E-state index is 0.0992. The van der Waals surface area contributed by atoms with Crippen molar-refractivity contribution >= 4 is 39.1 Å². The third-order valence-electron chi connectivity index (χ3n) is 5.26. The van der Waals surface area contributed by atoms with Crippen LogP contribution in [0.15, 0.2) is 42.5 Å². The van der Waals surface area contributed by atoms with Gasteiger partial charge in [-0.15, -0.1) is 0 Å². The molecule has 1 atom stereocenters. The molecule has 0 aliphatic carbocycles. The number of nitrogens with zero attached hydrogens (tertiary/aromatic N) is 2. The van der Waals surface area contributed by atoms with Gasteiger partial charge in [0, 0.05) is 17.6 Å². The number of amides is 2. The highest BCUT2D eigenvalue weighted by molar-refractivity contribution is 7.92. The van der Waals surface area contributed by atoms with Gasteiger partial charge in [-0.25, -0.2) is 8.42 Å². The van der Waals surface area contributed by atoms with E-state index in [9.17, 15) is 18.0 Å². The van der Waals surface area contributed by atoms with Gasteiger partial charge in [-0.2, -0.15) is 0 Å². The van der Waals surface area contributed by atoms with E-state index in [2.05, 4.69) is 5.32 Å². The molecule has 0 unspecified atom stereocenters. The molecule has 0 bridgehead atoms. The molecule has 180 valence electrons. The number of carbonyl (C=O) groups is 2. The van der Waals surface area contributed by atoms with E-state index < -0.39 is 28.5 Å². The van der Waals surface area contributed by atoms with Crippen LogP contribution >= 0.6 is 11.6 Å².